The molecule has 3 nitrogen and oxygen atoms in total. The molecule has 0 aromatic heterocycles. The first kappa shape index (κ1) is 18.8. The summed E-state index contributed by atoms with van der Waals surface area (Å²) in [5.74, 6) is 2.31. The van der Waals surface area contributed by atoms with Gasteiger partial charge in [0.05, 0.1) is 0 Å². The Balaban J connectivity index is 4.09. The first-order valence-electron chi connectivity index (χ1n) is 7.58. The van der Waals surface area contributed by atoms with E-state index in [-0.39, 0.29) is 0 Å². The van der Waals surface area contributed by atoms with E-state index in [0.717, 1.165) is 37.5 Å². The van der Waals surface area contributed by atoms with Crippen molar-refractivity contribution in [1.82, 2.24) is 5.32 Å². The highest BCUT2D eigenvalue weighted by atomic mass is 32.2. The molecular formula is C15H31NO2S. The number of carboxylic acids is 1. The molecule has 19 heavy (non-hydrogen) atoms. The van der Waals surface area contributed by atoms with Gasteiger partial charge in [-0.15, -0.1) is 0 Å². The van der Waals surface area contributed by atoms with Crippen LogP contribution in [0.4, 0.5) is 0 Å². The highest BCUT2D eigenvalue weighted by Gasteiger charge is 2.35. The standard InChI is InChI=1S/C15H31NO2S/c1-5-10-16-15(7-3,14(17)18)9-8-11-19-12-13(4)6-2/h13,16H,5-12H2,1-4H3,(H,17,18). The van der Waals surface area contributed by atoms with E-state index in [1.54, 1.807) is 0 Å². The molecule has 0 rings (SSSR count). The van der Waals surface area contributed by atoms with E-state index in [1.165, 1.54) is 12.2 Å². The van der Waals surface area contributed by atoms with Crippen LogP contribution in [0.2, 0.25) is 0 Å². The number of carboxylic acid groups (broad SMARTS) is 1. The molecule has 0 aliphatic carbocycles. The molecule has 0 saturated carbocycles. The summed E-state index contributed by atoms with van der Waals surface area (Å²) in [5.41, 5.74) is -0.715. The Morgan fingerprint density at radius 2 is 2.05 bits per heavy atom. The summed E-state index contributed by atoms with van der Waals surface area (Å²) in [7, 11) is 0. The minimum atomic E-state index is -0.715. The van der Waals surface area contributed by atoms with Crippen molar-refractivity contribution in [2.45, 2.75) is 65.3 Å². The van der Waals surface area contributed by atoms with Gasteiger partial charge in [-0.2, -0.15) is 11.8 Å². The number of hydrogen-bond acceptors (Lipinski definition) is 3. The van der Waals surface area contributed by atoms with Crippen molar-refractivity contribution >= 4 is 17.7 Å². The molecule has 4 heteroatoms. The van der Waals surface area contributed by atoms with E-state index in [1.807, 2.05) is 18.7 Å². The van der Waals surface area contributed by atoms with Crippen molar-refractivity contribution in [3.05, 3.63) is 0 Å². The number of hydrogen-bond donors (Lipinski definition) is 2. The Hall–Kier alpha value is -0.220. The fourth-order valence-electron chi connectivity index (χ4n) is 1.97. The van der Waals surface area contributed by atoms with Gasteiger partial charge in [0, 0.05) is 0 Å². The average molecular weight is 289 g/mol. The third-order valence-electron chi connectivity index (χ3n) is 3.72. The van der Waals surface area contributed by atoms with Gasteiger partial charge in [0.2, 0.25) is 0 Å². The maximum atomic E-state index is 11.5. The molecule has 0 aromatic rings. The number of nitrogens with one attached hydrogen (secondary N) is 1. The molecule has 2 N–H and O–H groups in total. The molecule has 0 aromatic carbocycles. The van der Waals surface area contributed by atoms with Gasteiger partial charge in [0.15, 0.2) is 0 Å². The van der Waals surface area contributed by atoms with E-state index in [0.29, 0.717) is 6.42 Å². The number of carbonyl (C=O) groups is 1. The fourth-order valence-corrected chi connectivity index (χ4v) is 3.12. The summed E-state index contributed by atoms with van der Waals surface area (Å²) >= 11 is 1.95. The quantitative estimate of drug-likeness (QED) is 0.537. The lowest BCUT2D eigenvalue weighted by Crippen LogP contribution is -2.52. The molecule has 0 saturated heterocycles. The van der Waals surface area contributed by atoms with E-state index in [2.05, 4.69) is 26.1 Å². The zero-order chi connectivity index (χ0) is 14.7. The second kappa shape index (κ2) is 10.6. The van der Waals surface area contributed by atoms with Gasteiger partial charge in [-0.05, 0) is 49.7 Å². The molecule has 0 fully saturated rings. The van der Waals surface area contributed by atoms with Crippen LogP contribution in [0.25, 0.3) is 0 Å². The zero-order valence-electron chi connectivity index (χ0n) is 13.0. The number of thioether (sulfide) groups is 1. The van der Waals surface area contributed by atoms with Crippen LogP contribution in [0.1, 0.15) is 59.8 Å². The Labute approximate surface area is 122 Å². The predicted octanol–water partition coefficient (Wildman–Crippen LogP) is 3.78. The maximum absolute atomic E-state index is 11.5. The third-order valence-corrected chi connectivity index (χ3v) is 5.10. The van der Waals surface area contributed by atoms with E-state index in [9.17, 15) is 9.90 Å². The van der Waals surface area contributed by atoms with Gasteiger partial charge in [-0.3, -0.25) is 4.79 Å². The van der Waals surface area contributed by atoms with Crippen LogP contribution < -0.4 is 5.32 Å². The van der Waals surface area contributed by atoms with Crippen LogP contribution in [-0.2, 0) is 4.79 Å². The summed E-state index contributed by atoms with van der Waals surface area (Å²) < 4.78 is 0. The molecule has 0 aliphatic rings. The minimum absolute atomic E-state index is 0.651. The molecule has 0 bridgehead atoms. The van der Waals surface area contributed by atoms with Crippen molar-refractivity contribution in [1.29, 1.82) is 0 Å². The van der Waals surface area contributed by atoms with Crippen molar-refractivity contribution in [3.63, 3.8) is 0 Å². The topological polar surface area (TPSA) is 49.3 Å². The highest BCUT2D eigenvalue weighted by Crippen LogP contribution is 2.21. The van der Waals surface area contributed by atoms with Gasteiger partial charge in [0.1, 0.15) is 5.54 Å². The Kier molecular flexibility index (Phi) is 10.4. The maximum Gasteiger partial charge on any atom is 0.323 e. The van der Waals surface area contributed by atoms with Gasteiger partial charge in [-0.25, -0.2) is 0 Å². The van der Waals surface area contributed by atoms with Crippen LogP contribution in [-0.4, -0.2) is 34.7 Å². The first-order valence-corrected chi connectivity index (χ1v) is 8.74. The van der Waals surface area contributed by atoms with Crippen LogP contribution in [0, 0.1) is 5.92 Å². The molecule has 0 amide bonds. The van der Waals surface area contributed by atoms with Gasteiger partial charge in [0.25, 0.3) is 0 Å². The second-order valence-electron chi connectivity index (χ2n) is 5.36. The summed E-state index contributed by atoms with van der Waals surface area (Å²) in [6.45, 7) is 9.29. The predicted molar refractivity (Wildman–Crippen MR) is 85.0 cm³/mol. The zero-order valence-corrected chi connectivity index (χ0v) is 13.8. The van der Waals surface area contributed by atoms with Crippen LogP contribution in [0.5, 0.6) is 0 Å². The largest absolute Gasteiger partial charge is 0.480 e. The summed E-state index contributed by atoms with van der Waals surface area (Å²) in [5, 5.41) is 12.7. The molecule has 0 aliphatic heterocycles. The molecule has 0 spiro atoms. The van der Waals surface area contributed by atoms with Gasteiger partial charge < -0.3 is 10.4 Å². The molecule has 0 heterocycles. The smallest absolute Gasteiger partial charge is 0.323 e. The highest BCUT2D eigenvalue weighted by molar-refractivity contribution is 7.99. The van der Waals surface area contributed by atoms with Crippen LogP contribution >= 0.6 is 11.8 Å². The summed E-state index contributed by atoms with van der Waals surface area (Å²) in [4.78, 5) is 11.5. The molecule has 114 valence electrons. The minimum Gasteiger partial charge on any atom is -0.480 e. The second-order valence-corrected chi connectivity index (χ2v) is 6.51. The average Bonchev–Trinajstić information content (AvgIpc) is 2.41. The lowest BCUT2D eigenvalue weighted by atomic mass is 9.90. The van der Waals surface area contributed by atoms with Gasteiger partial charge in [-0.1, -0.05) is 34.1 Å². The van der Waals surface area contributed by atoms with Crippen molar-refractivity contribution in [2.75, 3.05) is 18.1 Å². The summed E-state index contributed by atoms with van der Waals surface area (Å²) in [6, 6.07) is 0. The Bertz CT molecular complexity index is 248. The van der Waals surface area contributed by atoms with Crippen molar-refractivity contribution < 1.29 is 9.90 Å². The summed E-state index contributed by atoms with van der Waals surface area (Å²) in [6.07, 6.45) is 4.54. The monoisotopic (exact) mass is 289 g/mol. The van der Waals surface area contributed by atoms with Crippen LogP contribution in [0.15, 0.2) is 0 Å². The lowest BCUT2D eigenvalue weighted by molar-refractivity contribution is -0.145. The molecule has 2 unspecified atom stereocenters. The number of aliphatic carboxylic acids is 1. The van der Waals surface area contributed by atoms with E-state index in [4.69, 9.17) is 0 Å². The SMILES string of the molecule is CCCNC(CC)(CCCSCC(C)CC)C(=O)O. The third kappa shape index (κ3) is 7.21. The van der Waals surface area contributed by atoms with E-state index < -0.39 is 11.5 Å². The molecular weight excluding hydrogens is 258 g/mol. The van der Waals surface area contributed by atoms with Crippen molar-refractivity contribution in [3.8, 4) is 0 Å². The molecule has 2 atom stereocenters. The lowest BCUT2D eigenvalue weighted by Gasteiger charge is -2.29. The molecule has 0 radical (unpaired) electrons. The fraction of sp³-hybridized carbons (Fsp3) is 0.933. The Morgan fingerprint density at radius 3 is 2.53 bits per heavy atom. The first-order chi connectivity index (χ1) is 9.02. The van der Waals surface area contributed by atoms with Crippen LogP contribution in [0.3, 0.4) is 0 Å². The van der Waals surface area contributed by atoms with E-state index >= 15 is 0 Å². The number of rotatable bonds is 12. The Morgan fingerprint density at radius 1 is 1.37 bits per heavy atom. The van der Waals surface area contributed by atoms with Crippen molar-refractivity contribution in [2.24, 2.45) is 5.92 Å². The normalized spacial score (nSPS) is 16.0. The van der Waals surface area contributed by atoms with Gasteiger partial charge >= 0.3 is 5.97 Å².